The Morgan fingerprint density at radius 2 is 2.29 bits per heavy atom. The third-order valence-corrected chi connectivity index (χ3v) is 2.90. The lowest BCUT2D eigenvalue weighted by Crippen LogP contribution is -2.47. The number of aromatic nitrogens is 2. The summed E-state index contributed by atoms with van der Waals surface area (Å²) in [6, 6.07) is 1.45. The number of aromatic amines is 1. The number of hydrogen-bond acceptors (Lipinski definition) is 4. The van der Waals surface area contributed by atoms with Crippen LogP contribution in [0.4, 0.5) is 4.79 Å². The number of H-pyrrole nitrogens is 1. The van der Waals surface area contributed by atoms with Crippen molar-refractivity contribution in [2.45, 2.75) is 25.4 Å². The van der Waals surface area contributed by atoms with Crippen molar-refractivity contribution in [1.82, 2.24) is 20.6 Å². The highest BCUT2D eigenvalue weighted by Gasteiger charge is 2.22. The van der Waals surface area contributed by atoms with Crippen LogP contribution in [0.15, 0.2) is 35.3 Å². The highest BCUT2D eigenvalue weighted by atomic mass is 16.4. The molecule has 0 bridgehead atoms. The maximum atomic E-state index is 11.8. The summed E-state index contributed by atoms with van der Waals surface area (Å²) in [6.07, 6.45) is 4.59. The van der Waals surface area contributed by atoms with E-state index in [4.69, 9.17) is 9.52 Å². The Balaban J connectivity index is 1.90. The molecule has 112 valence electrons. The third kappa shape index (κ3) is 4.10. The maximum Gasteiger partial charge on any atom is 0.326 e. The van der Waals surface area contributed by atoms with Gasteiger partial charge < -0.3 is 25.1 Å². The van der Waals surface area contributed by atoms with Gasteiger partial charge in [-0.05, 0) is 19.1 Å². The lowest BCUT2D eigenvalue weighted by molar-refractivity contribution is -0.139. The van der Waals surface area contributed by atoms with E-state index in [2.05, 4.69) is 20.6 Å². The summed E-state index contributed by atoms with van der Waals surface area (Å²) in [4.78, 5) is 29.6. The second kappa shape index (κ2) is 6.60. The Kier molecular flexibility index (Phi) is 4.60. The molecule has 2 aromatic rings. The molecule has 0 radical (unpaired) electrons. The second-order valence-electron chi connectivity index (χ2n) is 4.53. The first-order valence-electron chi connectivity index (χ1n) is 6.36. The van der Waals surface area contributed by atoms with Crippen molar-refractivity contribution in [3.63, 3.8) is 0 Å². The van der Waals surface area contributed by atoms with Gasteiger partial charge in [-0.1, -0.05) is 0 Å². The van der Waals surface area contributed by atoms with E-state index in [1.165, 1.54) is 18.8 Å². The predicted octanol–water partition coefficient (Wildman–Crippen LogP) is 1.06. The molecular formula is C13H16N4O4. The quantitative estimate of drug-likeness (QED) is 0.634. The molecule has 8 nitrogen and oxygen atoms in total. The van der Waals surface area contributed by atoms with E-state index in [9.17, 15) is 9.59 Å². The number of hydrogen-bond donors (Lipinski definition) is 4. The molecule has 8 heteroatoms. The molecule has 0 spiro atoms. The van der Waals surface area contributed by atoms with Crippen molar-refractivity contribution in [1.29, 1.82) is 0 Å². The number of nitrogens with zero attached hydrogens (tertiary/aromatic N) is 1. The standard InChI is InChI=1S/C13H16N4O4/c1-8(11-3-2-4-21-11)16-13(20)17-10(12(18)19)5-9-6-14-7-15-9/h2-4,6-8,10H,5H2,1H3,(H,14,15)(H,18,19)(H2,16,17,20)/t8?,10-/m1/s1. The van der Waals surface area contributed by atoms with Crippen LogP contribution < -0.4 is 10.6 Å². The lowest BCUT2D eigenvalue weighted by Gasteiger charge is -2.17. The van der Waals surface area contributed by atoms with Crippen molar-refractivity contribution in [3.05, 3.63) is 42.4 Å². The molecule has 0 saturated heterocycles. The minimum atomic E-state index is -1.12. The number of amides is 2. The van der Waals surface area contributed by atoms with Gasteiger partial charge in [0.05, 0.1) is 18.6 Å². The van der Waals surface area contributed by atoms with Crippen molar-refractivity contribution in [3.8, 4) is 0 Å². The van der Waals surface area contributed by atoms with Gasteiger partial charge >= 0.3 is 12.0 Å². The summed E-state index contributed by atoms with van der Waals surface area (Å²) in [5.41, 5.74) is 0.627. The molecule has 4 N–H and O–H groups in total. The number of carbonyl (C=O) groups is 2. The fraction of sp³-hybridized carbons (Fsp3) is 0.308. The van der Waals surface area contributed by atoms with Gasteiger partial charge in [0, 0.05) is 18.3 Å². The fourth-order valence-corrected chi connectivity index (χ4v) is 1.82. The van der Waals surface area contributed by atoms with E-state index in [0.29, 0.717) is 11.5 Å². The molecular weight excluding hydrogens is 276 g/mol. The van der Waals surface area contributed by atoms with Crippen LogP contribution in [0.1, 0.15) is 24.4 Å². The highest BCUT2D eigenvalue weighted by molar-refractivity contribution is 5.82. The topological polar surface area (TPSA) is 120 Å². The Labute approximate surface area is 120 Å². The Morgan fingerprint density at radius 1 is 1.48 bits per heavy atom. The highest BCUT2D eigenvalue weighted by Crippen LogP contribution is 2.11. The van der Waals surface area contributed by atoms with Gasteiger partial charge in [-0.2, -0.15) is 0 Å². The van der Waals surface area contributed by atoms with Gasteiger partial charge in [-0.15, -0.1) is 0 Å². The Bertz CT molecular complexity index is 579. The molecule has 2 amide bonds. The predicted molar refractivity (Wildman–Crippen MR) is 72.5 cm³/mol. The molecule has 0 aliphatic carbocycles. The average molecular weight is 292 g/mol. The molecule has 0 fully saturated rings. The normalized spacial score (nSPS) is 13.4. The van der Waals surface area contributed by atoms with Crippen LogP contribution in [0.2, 0.25) is 0 Å². The number of aliphatic carboxylic acids is 1. The minimum absolute atomic E-state index is 0.123. The van der Waals surface area contributed by atoms with Crippen LogP contribution in [0.5, 0.6) is 0 Å². The molecule has 1 unspecified atom stereocenters. The molecule has 0 aliphatic rings. The summed E-state index contributed by atoms with van der Waals surface area (Å²) in [6.45, 7) is 1.74. The van der Waals surface area contributed by atoms with Gasteiger partial charge in [0.25, 0.3) is 0 Å². The zero-order valence-corrected chi connectivity index (χ0v) is 11.4. The van der Waals surface area contributed by atoms with E-state index >= 15 is 0 Å². The van der Waals surface area contributed by atoms with Crippen LogP contribution in [0.25, 0.3) is 0 Å². The number of imidazole rings is 1. The van der Waals surface area contributed by atoms with Crippen LogP contribution in [-0.2, 0) is 11.2 Å². The largest absolute Gasteiger partial charge is 0.480 e. The van der Waals surface area contributed by atoms with Gasteiger partial charge in [-0.25, -0.2) is 14.6 Å². The number of rotatable bonds is 6. The number of carboxylic acids is 1. The maximum absolute atomic E-state index is 11.8. The first-order chi connectivity index (χ1) is 10.1. The number of carboxylic acid groups (broad SMARTS) is 1. The van der Waals surface area contributed by atoms with Crippen molar-refractivity contribution >= 4 is 12.0 Å². The van der Waals surface area contributed by atoms with Crippen LogP contribution in [-0.4, -0.2) is 33.1 Å². The zero-order valence-electron chi connectivity index (χ0n) is 11.4. The van der Waals surface area contributed by atoms with E-state index < -0.39 is 18.0 Å². The van der Waals surface area contributed by atoms with Crippen molar-refractivity contribution in [2.75, 3.05) is 0 Å². The van der Waals surface area contributed by atoms with E-state index in [1.807, 2.05) is 0 Å². The smallest absolute Gasteiger partial charge is 0.326 e. The second-order valence-corrected chi connectivity index (χ2v) is 4.53. The van der Waals surface area contributed by atoms with Crippen molar-refractivity contribution < 1.29 is 19.1 Å². The van der Waals surface area contributed by atoms with Crippen LogP contribution in [0, 0.1) is 0 Å². The number of furan rings is 1. The van der Waals surface area contributed by atoms with Crippen molar-refractivity contribution in [2.24, 2.45) is 0 Å². The van der Waals surface area contributed by atoms with Gasteiger partial charge in [0.2, 0.25) is 0 Å². The van der Waals surface area contributed by atoms with E-state index in [-0.39, 0.29) is 12.5 Å². The molecule has 0 saturated carbocycles. The molecule has 0 aromatic carbocycles. The summed E-state index contributed by atoms with van der Waals surface area (Å²) in [5.74, 6) is -0.531. The Hall–Kier alpha value is -2.77. The fourth-order valence-electron chi connectivity index (χ4n) is 1.82. The first kappa shape index (κ1) is 14.6. The summed E-state index contributed by atoms with van der Waals surface area (Å²) >= 11 is 0. The third-order valence-electron chi connectivity index (χ3n) is 2.90. The molecule has 2 atom stereocenters. The first-order valence-corrected chi connectivity index (χ1v) is 6.36. The average Bonchev–Trinajstić information content (AvgIpc) is 3.10. The van der Waals surface area contributed by atoms with Gasteiger partial charge in [0.1, 0.15) is 11.8 Å². The molecule has 0 aliphatic heterocycles. The lowest BCUT2D eigenvalue weighted by atomic mass is 10.1. The number of urea groups is 1. The van der Waals surface area contributed by atoms with E-state index in [0.717, 1.165) is 0 Å². The summed E-state index contributed by atoms with van der Waals surface area (Å²) in [7, 11) is 0. The van der Waals surface area contributed by atoms with Gasteiger partial charge in [0.15, 0.2) is 0 Å². The number of carbonyl (C=O) groups excluding carboxylic acids is 1. The van der Waals surface area contributed by atoms with E-state index in [1.54, 1.807) is 19.1 Å². The zero-order chi connectivity index (χ0) is 15.2. The monoisotopic (exact) mass is 292 g/mol. The SMILES string of the molecule is CC(NC(=O)N[C@H](Cc1cnc[nH]1)C(=O)O)c1ccco1. The Morgan fingerprint density at radius 3 is 2.86 bits per heavy atom. The molecule has 2 heterocycles. The number of nitrogens with one attached hydrogen (secondary N) is 3. The molecule has 2 aromatic heterocycles. The van der Waals surface area contributed by atoms with Crippen LogP contribution in [0.3, 0.4) is 0 Å². The minimum Gasteiger partial charge on any atom is -0.480 e. The molecule has 21 heavy (non-hydrogen) atoms. The van der Waals surface area contributed by atoms with Gasteiger partial charge in [-0.3, -0.25) is 0 Å². The summed E-state index contributed by atoms with van der Waals surface area (Å²) < 4.78 is 5.16. The summed E-state index contributed by atoms with van der Waals surface area (Å²) in [5, 5.41) is 14.2. The van der Waals surface area contributed by atoms with Crippen LogP contribution >= 0.6 is 0 Å². The molecule has 2 rings (SSSR count).